The Hall–Kier alpha value is -3.55. The van der Waals surface area contributed by atoms with Crippen LogP contribution < -0.4 is 10.6 Å². The third-order valence-corrected chi connectivity index (χ3v) is 5.62. The van der Waals surface area contributed by atoms with Crippen molar-refractivity contribution in [3.8, 4) is 0 Å². The lowest BCUT2D eigenvalue weighted by molar-refractivity contribution is -0.126. The second kappa shape index (κ2) is 12.2. The summed E-state index contributed by atoms with van der Waals surface area (Å²) in [6.07, 6.45) is 0.397. The zero-order valence-corrected chi connectivity index (χ0v) is 20.7. The van der Waals surface area contributed by atoms with Crippen LogP contribution in [0.2, 0.25) is 0 Å². The van der Waals surface area contributed by atoms with Gasteiger partial charge in [0.05, 0.1) is 0 Å². The Bertz CT molecular complexity index is 995. The van der Waals surface area contributed by atoms with E-state index in [-0.39, 0.29) is 24.5 Å². The van der Waals surface area contributed by atoms with Crippen LogP contribution in [0.5, 0.6) is 0 Å². The number of amides is 3. The van der Waals surface area contributed by atoms with Crippen molar-refractivity contribution >= 4 is 18.1 Å². The minimum Gasteiger partial charge on any atom is -0.445 e. The van der Waals surface area contributed by atoms with E-state index in [1.165, 1.54) is 0 Å². The maximum Gasteiger partial charge on any atom is 0.410 e. The van der Waals surface area contributed by atoms with Gasteiger partial charge in [0.25, 0.3) is 0 Å². The van der Waals surface area contributed by atoms with Crippen molar-refractivity contribution in [3.05, 3.63) is 71.3 Å². The largest absolute Gasteiger partial charge is 0.445 e. The average molecular weight is 482 g/mol. The number of carbonyl (C=O) groups is 3. The average Bonchev–Trinajstić information content (AvgIpc) is 2.84. The fourth-order valence-corrected chi connectivity index (χ4v) is 3.81. The van der Waals surface area contributed by atoms with Gasteiger partial charge in [0.1, 0.15) is 12.2 Å². The second-order valence-electron chi connectivity index (χ2n) is 9.69. The van der Waals surface area contributed by atoms with Crippen molar-refractivity contribution < 1.29 is 23.9 Å². The van der Waals surface area contributed by atoms with Crippen molar-refractivity contribution in [3.63, 3.8) is 0 Å². The molecule has 0 aromatic heterocycles. The van der Waals surface area contributed by atoms with Crippen LogP contribution in [-0.2, 0) is 34.0 Å². The van der Waals surface area contributed by atoms with Gasteiger partial charge in [-0.05, 0) is 50.3 Å². The topological polar surface area (TPSA) is 97.0 Å². The van der Waals surface area contributed by atoms with E-state index in [1.54, 1.807) is 4.90 Å². The van der Waals surface area contributed by atoms with Gasteiger partial charge in [0.15, 0.2) is 0 Å². The van der Waals surface area contributed by atoms with Gasteiger partial charge in [0.2, 0.25) is 5.91 Å². The van der Waals surface area contributed by atoms with E-state index >= 15 is 0 Å². The summed E-state index contributed by atoms with van der Waals surface area (Å²) < 4.78 is 10.6. The highest BCUT2D eigenvalue weighted by Gasteiger charge is 2.28. The first-order valence-electron chi connectivity index (χ1n) is 12.0. The number of nitrogens with zero attached hydrogens (tertiary/aromatic N) is 1. The number of likely N-dealkylation sites (tertiary alicyclic amines) is 1. The highest BCUT2D eigenvalue weighted by molar-refractivity contribution is 5.79. The molecule has 1 fully saturated rings. The van der Waals surface area contributed by atoms with Crippen LogP contribution in [0.1, 0.15) is 50.3 Å². The Morgan fingerprint density at radius 3 is 2.11 bits per heavy atom. The van der Waals surface area contributed by atoms with Gasteiger partial charge in [0, 0.05) is 32.1 Å². The minimum atomic E-state index is -0.547. The van der Waals surface area contributed by atoms with Gasteiger partial charge in [-0.15, -0.1) is 0 Å². The zero-order valence-electron chi connectivity index (χ0n) is 20.7. The van der Waals surface area contributed by atoms with Crippen molar-refractivity contribution in [1.82, 2.24) is 15.5 Å². The zero-order chi connectivity index (χ0) is 25.3. The fraction of sp³-hybridized carbons (Fsp3) is 0.444. The molecule has 1 heterocycles. The third kappa shape index (κ3) is 8.96. The molecule has 0 radical (unpaired) electrons. The monoisotopic (exact) mass is 481 g/mol. The number of rotatable bonds is 7. The first-order valence-corrected chi connectivity index (χ1v) is 12.0. The van der Waals surface area contributed by atoms with E-state index in [1.807, 2.05) is 75.4 Å². The van der Waals surface area contributed by atoms with Gasteiger partial charge in [-0.25, -0.2) is 9.59 Å². The summed E-state index contributed by atoms with van der Waals surface area (Å²) in [5.41, 5.74) is 2.27. The predicted octanol–water partition coefficient (Wildman–Crippen LogP) is 4.38. The first-order chi connectivity index (χ1) is 16.7. The Labute approximate surface area is 207 Å². The summed E-state index contributed by atoms with van der Waals surface area (Å²) >= 11 is 0. The van der Waals surface area contributed by atoms with Crippen molar-refractivity contribution in [2.24, 2.45) is 5.92 Å². The maximum absolute atomic E-state index is 12.7. The molecule has 2 aromatic rings. The van der Waals surface area contributed by atoms with Crippen molar-refractivity contribution in [1.29, 1.82) is 0 Å². The van der Waals surface area contributed by atoms with Gasteiger partial charge in [-0.3, -0.25) is 4.79 Å². The number of carbonyl (C=O) groups excluding carboxylic acids is 3. The Kier molecular flexibility index (Phi) is 9.11. The summed E-state index contributed by atoms with van der Waals surface area (Å²) in [4.78, 5) is 38.5. The molecule has 8 heteroatoms. The second-order valence-corrected chi connectivity index (χ2v) is 9.69. The molecule has 3 amide bonds. The lowest BCUT2D eigenvalue weighted by atomic mass is 9.96. The van der Waals surface area contributed by atoms with E-state index in [4.69, 9.17) is 9.47 Å². The van der Waals surface area contributed by atoms with E-state index in [0.717, 1.165) is 16.7 Å². The van der Waals surface area contributed by atoms with Gasteiger partial charge in [-0.2, -0.15) is 0 Å². The number of benzene rings is 2. The summed E-state index contributed by atoms with van der Waals surface area (Å²) in [6, 6.07) is 17.2. The lowest BCUT2D eigenvalue weighted by Crippen LogP contribution is -2.43. The number of alkyl carbamates (subject to hydrolysis) is 1. The van der Waals surface area contributed by atoms with Crippen LogP contribution in [0.4, 0.5) is 9.59 Å². The molecule has 0 atom stereocenters. The molecular formula is C27H35N3O5. The Morgan fingerprint density at radius 1 is 0.886 bits per heavy atom. The molecule has 1 aliphatic heterocycles. The maximum atomic E-state index is 12.7. The quantitative estimate of drug-likeness (QED) is 0.612. The standard InChI is InChI=1S/C27H35N3O5/c1-27(2,3)35-25(32)29-18-22-11-7-10-21(16-22)17-28-24(31)23-12-14-30(15-13-23)26(33)34-19-20-8-5-4-6-9-20/h4-11,16,23H,12-15,17-19H2,1-3H3,(H,28,31)(H,29,32). The van der Waals surface area contributed by atoms with Crippen LogP contribution in [0.3, 0.4) is 0 Å². The molecule has 0 spiro atoms. The van der Waals surface area contributed by atoms with Crippen LogP contribution in [0.25, 0.3) is 0 Å². The van der Waals surface area contributed by atoms with Gasteiger partial charge in [-0.1, -0.05) is 54.6 Å². The van der Waals surface area contributed by atoms with Crippen molar-refractivity contribution in [2.45, 2.75) is 58.9 Å². The molecule has 0 unspecified atom stereocenters. The Morgan fingerprint density at radius 2 is 1.49 bits per heavy atom. The predicted molar refractivity (Wildman–Crippen MR) is 132 cm³/mol. The summed E-state index contributed by atoms with van der Waals surface area (Å²) in [5.74, 6) is -0.148. The normalized spacial score (nSPS) is 14.2. The van der Waals surface area contributed by atoms with E-state index in [9.17, 15) is 14.4 Å². The number of ether oxygens (including phenoxy) is 2. The van der Waals surface area contributed by atoms with Crippen molar-refractivity contribution in [2.75, 3.05) is 13.1 Å². The minimum absolute atomic E-state index is 0.0143. The van der Waals surface area contributed by atoms with Crippen LogP contribution >= 0.6 is 0 Å². The van der Waals surface area contributed by atoms with Gasteiger partial charge >= 0.3 is 12.2 Å². The molecule has 0 bridgehead atoms. The molecule has 1 aliphatic rings. The molecular weight excluding hydrogens is 446 g/mol. The van der Waals surface area contributed by atoms with Crippen LogP contribution in [-0.4, -0.2) is 41.7 Å². The van der Waals surface area contributed by atoms with E-state index in [0.29, 0.717) is 39.0 Å². The van der Waals surface area contributed by atoms with E-state index in [2.05, 4.69) is 10.6 Å². The number of hydrogen-bond acceptors (Lipinski definition) is 5. The highest BCUT2D eigenvalue weighted by atomic mass is 16.6. The number of nitrogens with one attached hydrogen (secondary N) is 2. The molecule has 2 aromatic carbocycles. The summed E-state index contributed by atoms with van der Waals surface area (Å²) in [5, 5.41) is 5.74. The summed E-state index contributed by atoms with van der Waals surface area (Å²) in [7, 11) is 0. The molecule has 188 valence electrons. The van der Waals surface area contributed by atoms with E-state index < -0.39 is 11.7 Å². The molecule has 1 saturated heterocycles. The molecule has 0 aliphatic carbocycles. The molecule has 2 N–H and O–H groups in total. The third-order valence-electron chi connectivity index (χ3n) is 5.62. The van der Waals surface area contributed by atoms with Crippen LogP contribution in [0, 0.1) is 5.92 Å². The molecule has 35 heavy (non-hydrogen) atoms. The molecule has 8 nitrogen and oxygen atoms in total. The SMILES string of the molecule is CC(C)(C)OC(=O)NCc1cccc(CNC(=O)C2CCN(C(=O)OCc3ccccc3)CC2)c1. The number of piperidine rings is 1. The Balaban J connectivity index is 1.38. The summed E-state index contributed by atoms with van der Waals surface area (Å²) in [6.45, 7) is 7.43. The first kappa shape index (κ1) is 26.1. The number of hydrogen-bond donors (Lipinski definition) is 2. The fourth-order valence-electron chi connectivity index (χ4n) is 3.81. The lowest BCUT2D eigenvalue weighted by Gasteiger charge is -2.30. The highest BCUT2D eigenvalue weighted by Crippen LogP contribution is 2.19. The van der Waals surface area contributed by atoms with Crippen LogP contribution in [0.15, 0.2) is 54.6 Å². The van der Waals surface area contributed by atoms with Gasteiger partial charge < -0.3 is 25.0 Å². The molecule has 3 rings (SSSR count). The smallest absolute Gasteiger partial charge is 0.410 e. The molecule has 0 saturated carbocycles.